The van der Waals surface area contributed by atoms with Gasteiger partial charge in [0.2, 0.25) is 0 Å². The molecule has 0 saturated carbocycles. The molecule has 2 aromatic carbocycles. The summed E-state index contributed by atoms with van der Waals surface area (Å²) in [7, 11) is 0. The van der Waals surface area contributed by atoms with Crippen molar-refractivity contribution < 1.29 is 9.47 Å². The van der Waals surface area contributed by atoms with E-state index in [1.165, 1.54) is 0 Å². The van der Waals surface area contributed by atoms with Gasteiger partial charge >= 0.3 is 0 Å². The van der Waals surface area contributed by atoms with E-state index in [0.717, 1.165) is 29.8 Å². The number of nitriles is 1. The normalized spacial score (nSPS) is 10.7. The number of rotatable bonds is 8. The van der Waals surface area contributed by atoms with E-state index < -0.39 is 0 Å². The van der Waals surface area contributed by atoms with Gasteiger partial charge in [-0.15, -0.1) is 0 Å². The molecule has 0 unspecified atom stereocenters. The summed E-state index contributed by atoms with van der Waals surface area (Å²) in [6.07, 6.45) is 1.74. The maximum absolute atomic E-state index is 12.4. The summed E-state index contributed by atoms with van der Waals surface area (Å²) in [5, 5.41) is 9.47. The second kappa shape index (κ2) is 9.02. The van der Waals surface area contributed by atoms with Gasteiger partial charge in [-0.2, -0.15) is 5.26 Å². The number of nitrogens with zero attached hydrogens (tertiary/aromatic N) is 1. The number of aromatic amines is 1. The van der Waals surface area contributed by atoms with Crippen molar-refractivity contribution in [1.29, 1.82) is 5.26 Å². The van der Waals surface area contributed by atoms with Crippen LogP contribution < -0.4 is 10.2 Å². The number of unbranched alkanes of at least 4 members (excludes halogenated alkanes) is 1. The van der Waals surface area contributed by atoms with Gasteiger partial charge in [0.05, 0.1) is 24.8 Å². The number of ether oxygens (including phenoxy) is 2. The van der Waals surface area contributed by atoms with E-state index in [4.69, 9.17) is 14.7 Å². The molecule has 0 aliphatic rings. The molecule has 0 aliphatic carbocycles. The molecule has 0 fully saturated rings. The van der Waals surface area contributed by atoms with Crippen LogP contribution >= 0.6 is 0 Å². The van der Waals surface area contributed by atoms with Gasteiger partial charge in [-0.1, -0.05) is 12.1 Å². The Balaban J connectivity index is 1.41. The predicted molar refractivity (Wildman–Crippen MR) is 105 cm³/mol. The minimum atomic E-state index is 0.0544. The van der Waals surface area contributed by atoms with Crippen LogP contribution in [0.1, 0.15) is 29.7 Å². The highest BCUT2D eigenvalue weighted by atomic mass is 16.5. The molecule has 5 heteroatoms. The van der Waals surface area contributed by atoms with Gasteiger partial charge in [0.25, 0.3) is 0 Å². The number of hydrogen-bond acceptors (Lipinski definition) is 4. The molecule has 0 amide bonds. The summed E-state index contributed by atoms with van der Waals surface area (Å²) in [5.41, 5.74) is 3.05. The number of nitrogens with one attached hydrogen (secondary N) is 1. The van der Waals surface area contributed by atoms with Gasteiger partial charge in [-0.3, -0.25) is 4.79 Å². The van der Waals surface area contributed by atoms with E-state index in [9.17, 15) is 4.79 Å². The van der Waals surface area contributed by atoms with E-state index in [1.807, 2.05) is 31.2 Å². The number of para-hydroxylation sites is 1. The third kappa shape index (κ3) is 4.75. The molecule has 0 saturated heterocycles. The topological polar surface area (TPSA) is 75.1 Å². The Bertz CT molecular complexity index is 1000. The number of aromatic nitrogens is 1. The SMILES string of the molecule is Cc1c(COCCCCOc2ccc(C#N)cc2)[nH]c2ccccc2c1=O. The summed E-state index contributed by atoms with van der Waals surface area (Å²) >= 11 is 0. The molecular weight excluding hydrogens is 340 g/mol. The largest absolute Gasteiger partial charge is 0.494 e. The summed E-state index contributed by atoms with van der Waals surface area (Å²) in [4.78, 5) is 15.7. The summed E-state index contributed by atoms with van der Waals surface area (Å²) in [6, 6.07) is 16.7. The third-order valence-corrected chi connectivity index (χ3v) is 4.43. The van der Waals surface area contributed by atoms with Gasteiger partial charge < -0.3 is 14.5 Å². The number of fused-ring (bicyclic) bond motifs is 1. The van der Waals surface area contributed by atoms with Crippen LogP contribution in [0.3, 0.4) is 0 Å². The zero-order chi connectivity index (χ0) is 19.1. The lowest BCUT2D eigenvalue weighted by atomic mass is 10.1. The van der Waals surface area contributed by atoms with Crippen molar-refractivity contribution in [1.82, 2.24) is 4.98 Å². The quantitative estimate of drug-likeness (QED) is 0.613. The summed E-state index contributed by atoms with van der Waals surface area (Å²) < 4.78 is 11.4. The van der Waals surface area contributed by atoms with E-state index in [0.29, 0.717) is 36.3 Å². The molecule has 0 atom stereocenters. The Hall–Kier alpha value is -3.10. The van der Waals surface area contributed by atoms with Crippen molar-refractivity contribution in [2.24, 2.45) is 0 Å². The molecule has 0 aliphatic heterocycles. The minimum absolute atomic E-state index is 0.0544. The van der Waals surface area contributed by atoms with Crippen LogP contribution in [0.15, 0.2) is 53.3 Å². The lowest BCUT2D eigenvalue weighted by Gasteiger charge is -2.10. The molecule has 3 aromatic rings. The standard InChI is InChI=1S/C22H22N2O3/c1-16-21(24-20-7-3-2-6-19(20)22(16)25)15-26-12-4-5-13-27-18-10-8-17(14-23)9-11-18/h2-3,6-11H,4-5,12-13,15H2,1H3,(H,24,25). The van der Waals surface area contributed by atoms with Crippen molar-refractivity contribution >= 4 is 10.9 Å². The maximum atomic E-state index is 12.4. The number of hydrogen-bond donors (Lipinski definition) is 1. The van der Waals surface area contributed by atoms with Crippen LogP contribution in [0.4, 0.5) is 0 Å². The van der Waals surface area contributed by atoms with Gasteiger partial charge in [-0.05, 0) is 56.2 Å². The molecule has 27 heavy (non-hydrogen) atoms. The fourth-order valence-electron chi connectivity index (χ4n) is 2.83. The number of H-pyrrole nitrogens is 1. The van der Waals surface area contributed by atoms with Crippen molar-refractivity contribution in [3.63, 3.8) is 0 Å². The Morgan fingerprint density at radius 1 is 1.04 bits per heavy atom. The molecule has 0 bridgehead atoms. The van der Waals surface area contributed by atoms with E-state index >= 15 is 0 Å². The first kappa shape index (κ1) is 18.7. The lowest BCUT2D eigenvalue weighted by molar-refractivity contribution is 0.111. The first-order valence-corrected chi connectivity index (χ1v) is 9.00. The zero-order valence-electron chi connectivity index (χ0n) is 15.3. The van der Waals surface area contributed by atoms with Gasteiger partial charge in [0, 0.05) is 28.8 Å². The number of benzene rings is 2. The molecular formula is C22H22N2O3. The van der Waals surface area contributed by atoms with E-state index in [2.05, 4.69) is 11.1 Å². The molecule has 1 heterocycles. The van der Waals surface area contributed by atoms with Crippen LogP contribution in [0.25, 0.3) is 10.9 Å². The Kier molecular flexibility index (Phi) is 6.24. The second-order valence-electron chi connectivity index (χ2n) is 6.35. The summed E-state index contributed by atoms with van der Waals surface area (Å²) in [5.74, 6) is 0.763. The Labute approximate surface area is 158 Å². The average Bonchev–Trinajstić information content (AvgIpc) is 2.71. The predicted octanol–water partition coefficient (Wildman–Crippen LogP) is 4.08. The molecule has 3 rings (SSSR count). The van der Waals surface area contributed by atoms with E-state index in [-0.39, 0.29) is 5.43 Å². The van der Waals surface area contributed by atoms with Crippen LogP contribution in [0.5, 0.6) is 5.75 Å². The fraction of sp³-hybridized carbons (Fsp3) is 0.273. The van der Waals surface area contributed by atoms with Gasteiger partial charge in [-0.25, -0.2) is 0 Å². The molecule has 0 radical (unpaired) electrons. The first-order chi connectivity index (χ1) is 13.2. The minimum Gasteiger partial charge on any atom is -0.494 e. The van der Waals surface area contributed by atoms with Crippen molar-refractivity contribution in [2.45, 2.75) is 26.4 Å². The zero-order valence-corrected chi connectivity index (χ0v) is 15.3. The Morgan fingerprint density at radius 2 is 1.78 bits per heavy atom. The maximum Gasteiger partial charge on any atom is 0.192 e. The van der Waals surface area contributed by atoms with Crippen LogP contribution in [0.2, 0.25) is 0 Å². The van der Waals surface area contributed by atoms with Crippen molar-refractivity contribution in [2.75, 3.05) is 13.2 Å². The number of pyridine rings is 1. The molecule has 138 valence electrons. The fourth-order valence-corrected chi connectivity index (χ4v) is 2.83. The molecule has 0 spiro atoms. The van der Waals surface area contributed by atoms with Crippen LogP contribution in [-0.2, 0) is 11.3 Å². The van der Waals surface area contributed by atoms with Crippen molar-refractivity contribution in [3.8, 4) is 11.8 Å². The molecule has 1 N–H and O–H groups in total. The summed E-state index contributed by atoms with van der Waals surface area (Å²) in [6.45, 7) is 3.42. The monoisotopic (exact) mass is 362 g/mol. The Morgan fingerprint density at radius 3 is 2.56 bits per heavy atom. The average molecular weight is 362 g/mol. The molecule has 1 aromatic heterocycles. The van der Waals surface area contributed by atoms with Crippen LogP contribution in [-0.4, -0.2) is 18.2 Å². The highest BCUT2D eigenvalue weighted by Crippen LogP contribution is 2.13. The van der Waals surface area contributed by atoms with Crippen LogP contribution in [0, 0.1) is 18.3 Å². The smallest absolute Gasteiger partial charge is 0.192 e. The second-order valence-corrected chi connectivity index (χ2v) is 6.35. The van der Waals surface area contributed by atoms with Crippen molar-refractivity contribution in [3.05, 3.63) is 75.6 Å². The van der Waals surface area contributed by atoms with Gasteiger partial charge in [0.15, 0.2) is 5.43 Å². The molecule has 5 nitrogen and oxygen atoms in total. The highest BCUT2D eigenvalue weighted by Gasteiger charge is 2.07. The first-order valence-electron chi connectivity index (χ1n) is 9.00. The highest BCUT2D eigenvalue weighted by molar-refractivity contribution is 5.79. The van der Waals surface area contributed by atoms with E-state index in [1.54, 1.807) is 24.3 Å². The van der Waals surface area contributed by atoms with Gasteiger partial charge in [0.1, 0.15) is 5.75 Å². The third-order valence-electron chi connectivity index (χ3n) is 4.43. The lowest BCUT2D eigenvalue weighted by Crippen LogP contribution is -2.12.